The molecule has 0 aliphatic carbocycles. The summed E-state index contributed by atoms with van der Waals surface area (Å²) in [4.78, 5) is 41.3. The van der Waals surface area contributed by atoms with Gasteiger partial charge in [0.2, 0.25) is 11.8 Å². The minimum atomic E-state index is -0.222. The van der Waals surface area contributed by atoms with E-state index < -0.39 is 0 Å². The lowest BCUT2D eigenvalue weighted by Gasteiger charge is -2.36. The highest BCUT2D eigenvalue weighted by molar-refractivity contribution is 5.98. The van der Waals surface area contributed by atoms with Crippen molar-refractivity contribution in [2.45, 2.75) is 59.1 Å². The standard InChI is InChI=1S/C24H37N3O5/c1-7-9-22(28)25-18-10-11-19-20(12-18)32-15-17(4)27(23(29)8-2)13-16(3)21(31-6)14-26(5)24(19)30/h10-12,16-17,21H,7-9,13-15H2,1-6H3,(H,25,28)/t16-,17+,21-/m0/s1. The molecule has 0 fully saturated rings. The van der Waals surface area contributed by atoms with Gasteiger partial charge in [-0.05, 0) is 25.5 Å². The van der Waals surface area contributed by atoms with Gasteiger partial charge in [0.25, 0.3) is 5.91 Å². The summed E-state index contributed by atoms with van der Waals surface area (Å²) in [6.07, 6.45) is 1.34. The molecule has 0 spiro atoms. The molecule has 0 bridgehead atoms. The maximum atomic E-state index is 13.2. The first-order chi connectivity index (χ1) is 15.2. The fraction of sp³-hybridized carbons (Fsp3) is 0.625. The molecule has 1 heterocycles. The van der Waals surface area contributed by atoms with Gasteiger partial charge in [-0.1, -0.05) is 20.8 Å². The first-order valence-electron chi connectivity index (χ1n) is 11.4. The second-order valence-electron chi connectivity index (χ2n) is 8.51. The van der Waals surface area contributed by atoms with Crippen LogP contribution in [-0.2, 0) is 14.3 Å². The molecule has 1 aliphatic heterocycles. The lowest BCUT2D eigenvalue weighted by Crippen LogP contribution is -2.48. The number of carbonyl (C=O) groups excluding carboxylic acids is 3. The number of ether oxygens (including phenoxy) is 2. The number of anilines is 1. The summed E-state index contributed by atoms with van der Waals surface area (Å²) in [5.74, 6) is 0.187. The molecular weight excluding hydrogens is 410 g/mol. The number of benzene rings is 1. The molecule has 8 nitrogen and oxygen atoms in total. The van der Waals surface area contributed by atoms with Gasteiger partial charge in [0, 0.05) is 57.8 Å². The number of methoxy groups -OCH3 is 1. The van der Waals surface area contributed by atoms with Crippen LogP contribution in [0.15, 0.2) is 18.2 Å². The fourth-order valence-corrected chi connectivity index (χ4v) is 3.85. The molecule has 1 N–H and O–H groups in total. The molecule has 0 unspecified atom stereocenters. The highest BCUT2D eigenvalue weighted by atomic mass is 16.5. The second kappa shape index (κ2) is 11.9. The largest absolute Gasteiger partial charge is 0.491 e. The van der Waals surface area contributed by atoms with Gasteiger partial charge in [-0.25, -0.2) is 0 Å². The molecule has 0 saturated heterocycles. The maximum Gasteiger partial charge on any atom is 0.257 e. The number of nitrogens with zero attached hydrogens (tertiary/aromatic N) is 2. The zero-order chi connectivity index (χ0) is 23.8. The Labute approximate surface area is 191 Å². The van der Waals surface area contributed by atoms with Crippen LogP contribution in [0.5, 0.6) is 5.75 Å². The lowest BCUT2D eigenvalue weighted by molar-refractivity contribution is -0.135. The molecule has 1 aliphatic rings. The third-order valence-corrected chi connectivity index (χ3v) is 5.83. The molecule has 3 amide bonds. The Hall–Kier alpha value is -2.61. The molecule has 0 saturated carbocycles. The van der Waals surface area contributed by atoms with Crippen molar-refractivity contribution in [1.82, 2.24) is 9.80 Å². The van der Waals surface area contributed by atoms with E-state index in [1.807, 2.05) is 32.6 Å². The first kappa shape index (κ1) is 25.6. The summed E-state index contributed by atoms with van der Waals surface area (Å²) in [7, 11) is 3.36. The van der Waals surface area contributed by atoms with Crippen molar-refractivity contribution in [1.29, 1.82) is 0 Å². The van der Waals surface area contributed by atoms with E-state index in [0.717, 1.165) is 6.42 Å². The first-order valence-corrected chi connectivity index (χ1v) is 11.4. The van der Waals surface area contributed by atoms with Crippen LogP contribution in [-0.4, -0.2) is 73.5 Å². The number of carbonyl (C=O) groups is 3. The number of hydrogen-bond donors (Lipinski definition) is 1. The molecule has 32 heavy (non-hydrogen) atoms. The van der Waals surface area contributed by atoms with Crippen molar-refractivity contribution in [2.24, 2.45) is 5.92 Å². The quantitative estimate of drug-likeness (QED) is 0.749. The number of rotatable bonds is 5. The monoisotopic (exact) mass is 447 g/mol. The van der Waals surface area contributed by atoms with E-state index in [2.05, 4.69) is 5.32 Å². The topological polar surface area (TPSA) is 88.2 Å². The number of likely N-dealkylation sites (N-methyl/N-ethyl adjacent to an activating group) is 1. The average Bonchev–Trinajstić information content (AvgIpc) is 2.77. The molecule has 1 aromatic rings. The Morgan fingerprint density at radius 2 is 1.94 bits per heavy atom. The van der Waals surface area contributed by atoms with Gasteiger partial charge in [-0.15, -0.1) is 0 Å². The van der Waals surface area contributed by atoms with Gasteiger partial charge < -0.3 is 24.6 Å². The van der Waals surface area contributed by atoms with Crippen molar-refractivity contribution in [3.8, 4) is 5.75 Å². The summed E-state index contributed by atoms with van der Waals surface area (Å²) in [5.41, 5.74) is 0.979. The zero-order valence-electron chi connectivity index (χ0n) is 20.1. The minimum absolute atomic E-state index is 0.0308. The predicted molar refractivity (Wildman–Crippen MR) is 124 cm³/mol. The van der Waals surface area contributed by atoms with E-state index in [0.29, 0.717) is 42.9 Å². The third-order valence-electron chi connectivity index (χ3n) is 5.83. The lowest BCUT2D eigenvalue weighted by atomic mass is 10.0. The fourth-order valence-electron chi connectivity index (χ4n) is 3.85. The van der Waals surface area contributed by atoms with E-state index in [4.69, 9.17) is 9.47 Å². The van der Waals surface area contributed by atoms with Gasteiger partial charge >= 0.3 is 0 Å². The molecule has 0 aromatic heterocycles. The Balaban J connectivity index is 2.42. The van der Waals surface area contributed by atoms with Crippen LogP contribution in [0.1, 0.15) is 57.3 Å². The van der Waals surface area contributed by atoms with Gasteiger partial charge in [-0.3, -0.25) is 14.4 Å². The highest BCUT2D eigenvalue weighted by Gasteiger charge is 2.29. The smallest absolute Gasteiger partial charge is 0.257 e. The molecule has 8 heteroatoms. The Morgan fingerprint density at radius 1 is 1.22 bits per heavy atom. The summed E-state index contributed by atoms with van der Waals surface area (Å²) in [5, 5.41) is 2.85. The molecule has 2 rings (SSSR count). The van der Waals surface area contributed by atoms with Crippen LogP contribution in [0.2, 0.25) is 0 Å². The van der Waals surface area contributed by atoms with Crippen LogP contribution in [0.4, 0.5) is 5.69 Å². The minimum Gasteiger partial charge on any atom is -0.491 e. The van der Waals surface area contributed by atoms with Gasteiger partial charge in [0.05, 0.1) is 17.7 Å². The summed E-state index contributed by atoms with van der Waals surface area (Å²) >= 11 is 0. The SMILES string of the molecule is CCCC(=O)Nc1ccc2c(c1)OC[C@@H](C)N(C(=O)CC)C[C@H](C)[C@@H](OC)CN(C)C2=O. The summed E-state index contributed by atoms with van der Waals surface area (Å²) < 4.78 is 11.7. The number of fused-ring (bicyclic) bond motifs is 1. The van der Waals surface area contributed by atoms with Crippen molar-refractivity contribution in [2.75, 3.05) is 39.2 Å². The molecule has 178 valence electrons. The predicted octanol–water partition coefficient (Wildman–Crippen LogP) is 3.17. The zero-order valence-corrected chi connectivity index (χ0v) is 20.1. The van der Waals surface area contributed by atoms with Crippen LogP contribution in [0.3, 0.4) is 0 Å². The Kier molecular flexibility index (Phi) is 9.50. The molecule has 0 radical (unpaired) electrons. The number of amides is 3. The van der Waals surface area contributed by atoms with Crippen molar-refractivity contribution >= 4 is 23.4 Å². The van der Waals surface area contributed by atoms with E-state index in [1.165, 1.54) is 0 Å². The average molecular weight is 448 g/mol. The Morgan fingerprint density at radius 3 is 2.56 bits per heavy atom. The van der Waals surface area contributed by atoms with E-state index in [-0.39, 0.29) is 42.4 Å². The summed E-state index contributed by atoms with van der Waals surface area (Å²) in [6.45, 7) is 8.87. The van der Waals surface area contributed by atoms with Crippen LogP contribution in [0.25, 0.3) is 0 Å². The second-order valence-corrected chi connectivity index (χ2v) is 8.51. The van der Waals surface area contributed by atoms with Gasteiger partial charge in [0.1, 0.15) is 12.4 Å². The van der Waals surface area contributed by atoms with Crippen LogP contribution in [0, 0.1) is 5.92 Å². The summed E-state index contributed by atoms with van der Waals surface area (Å²) in [6, 6.07) is 4.86. The molecule has 1 aromatic carbocycles. The van der Waals surface area contributed by atoms with Crippen LogP contribution < -0.4 is 10.1 Å². The number of nitrogens with one attached hydrogen (secondary N) is 1. The van der Waals surface area contributed by atoms with Gasteiger partial charge in [0.15, 0.2) is 0 Å². The normalized spacial score (nSPS) is 22.3. The molecular formula is C24H37N3O5. The van der Waals surface area contributed by atoms with Crippen molar-refractivity contribution in [3.63, 3.8) is 0 Å². The van der Waals surface area contributed by atoms with E-state index in [1.54, 1.807) is 37.3 Å². The third kappa shape index (κ3) is 6.45. The van der Waals surface area contributed by atoms with Gasteiger partial charge in [-0.2, -0.15) is 0 Å². The highest BCUT2D eigenvalue weighted by Crippen LogP contribution is 2.27. The van der Waals surface area contributed by atoms with E-state index >= 15 is 0 Å². The number of hydrogen-bond acceptors (Lipinski definition) is 5. The maximum absolute atomic E-state index is 13.2. The van der Waals surface area contributed by atoms with Crippen LogP contribution >= 0.6 is 0 Å². The van der Waals surface area contributed by atoms with E-state index in [9.17, 15) is 14.4 Å². The molecule has 3 atom stereocenters. The Bertz CT molecular complexity index is 813. The van der Waals surface area contributed by atoms with Crippen molar-refractivity contribution in [3.05, 3.63) is 23.8 Å². The van der Waals surface area contributed by atoms with Crippen molar-refractivity contribution < 1.29 is 23.9 Å².